The van der Waals surface area contributed by atoms with Crippen molar-refractivity contribution >= 4 is 34.0 Å². The summed E-state index contributed by atoms with van der Waals surface area (Å²) in [7, 11) is 0. The summed E-state index contributed by atoms with van der Waals surface area (Å²) in [6, 6.07) is 19.2. The van der Waals surface area contributed by atoms with Crippen LogP contribution >= 0.6 is 0 Å². The van der Waals surface area contributed by atoms with E-state index >= 15 is 0 Å². The summed E-state index contributed by atoms with van der Waals surface area (Å²) in [6.07, 6.45) is 0.390. The van der Waals surface area contributed by atoms with Gasteiger partial charge in [-0.25, -0.2) is 0 Å². The first kappa shape index (κ1) is 15.4. The van der Waals surface area contributed by atoms with E-state index in [1.807, 2.05) is 67.6 Å². The number of hydrogen-bond donors (Lipinski definition) is 1. The van der Waals surface area contributed by atoms with Gasteiger partial charge in [-0.15, -0.1) is 0 Å². The third-order valence-corrected chi connectivity index (χ3v) is 4.62. The number of rotatable bonds is 3. The van der Waals surface area contributed by atoms with E-state index < -0.39 is 0 Å². The molecule has 0 bridgehead atoms. The third-order valence-electron chi connectivity index (χ3n) is 4.62. The maximum atomic E-state index is 12.7. The van der Waals surface area contributed by atoms with E-state index in [0.717, 1.165) is 22.0 Å². The van der Waals surface area contributed by atoms with Gasteiger partial charge in [0.15, 0.2) is 0 Å². The Kier molecular flexibility index (Phi) is 3.73. The lowest BCUT2D eigenvalue weighted by Crippen LogP contribution is -2.25. The predicted octanol–water partition coefficient (Wildman–Crippen LogP) is 4.00. The molecule has 0 spiro atoms. The third kappa shape index (κ3) is 2.66. The monoisotopic (exact) mass is 330 g/mol. The summed E-state index contributed by atoms with van der Waals surface area (Å²) < 4.78 is 0. The molecule has 3 aromatic rings. The lowest BCUT2D eigenvalue weighted by Gasteiger charge is -2.15. The standard InChI is InChI=1S/C21H18N2O2/c1-2-23-19-11-10-16(12-15(19)13-20(23)24)22-21(25)18-9-5-7-14-6-3-4-8-17(14)18/h3-12H,2,13H2,1H3,(H,22,25). The van der Waals surface area contributed by atoms with Crippen molar-refractivity contribution in [3.63, 3.8) is 0 Å². The molecule has 1 heterocycles. The molecule has 3 aromatic carbocycles. The van der Waals surface area contributed by atoms with Gasteiger partial charge in [0, 0.05) is 23.5 Å². The Morgan fingerprint density at radius 2 is 1.88 bits per heavy atom. The summed E-state index contributed by atoms with van der Waals surface area (Å²) in [4.78, 5) is 26.5. The molecular formula is C21H18N2O2. The van der Waals surface area contributed by atoms with Crippen LogP contribution in [0.1, 0.15) is 22.8 Å². The molecule has 0 atom stereocenters. The zero-order valence-electron chi connectivity index (χ0n) is 14.0. The van der Waals surface area contributed by atoms with Gasteiger partial charge in [-0.3, -0.25) is 9.59 Å². The molecule has 0 radical (unpaired) electrons. The van der Waals surface area contributed by atoms with Crippen molar-refractivity contribution in [3.05, 3.63) is 71.8 Å². The smallest absolute Gasteiger partial charge is 0.256 e. The average Bonchev–Trinajstić information content (AvgIpc) is 2.95. The van der Waals surface area contributed by atoms with Gasteiger partial charge in [0.1, 0.15) is 0 Å². The van der Waals surface area contributed by atoms with Gasteiger partial charge in [0.25, 0.3) is 5.91 Å². The molecule has 124 valence electrons. The highest BCUT2D eigenvalue weighted by molar-refractivity contribution is 6.13. The minimum atomic E-state index is -0.145. The van der Waals surface area contributed by atoms with Crippen LogP contribution in [0.2, 0.25) is 0 Å². The summed E-state index contributed by atoms with van der Waals surface area (Å²) in [5, 5.41) is 4.92. The topological polar surface area (TPSA) is 49.4 Å². The zero-order chi connectivity index (χ0) is 17.4. The van der Waals surface area contributed by atoms with Crippen molar-refractivity contribution in [1.82, 2.24) is 0 Å². The highest BCUT2D eigenvalue weighted by Crippen LogP contribution is 2.31. The van der Waals surface area contributed by atoms with Crippen LogP contribution < -0.4 is 10.2 Å². The van der Waals surface area contributed by atoms with E-state index in [-0.39, 0.29) is 11.8 Å². The highest BCUT2D eigenvalue weighted by atomic mass is 16.2. The van der Waals surface area contributed by atoms with E-state index in [1.54, 1.807) is 4.90 Å². The maximum Gasteiger partial charge on any atom is 0.256 e. The summed E-state index contributed by atoms with van der Waals surface area (Å²) in [6.45, 7) is 2.62. The number of carbonyl (C=O) groups is 2. The Hall–Kier alpha value is -3.14. The highest BCUT2D eigenvalue weighted by Gasteiger charge is 2.26. The SMILES string of the molecule is CCN1C(=O)Cc2cc(NC(=O)c3cccc4ccccc34)ccc21. The van der Waals surface area contributed by atoms with E-state index in [2.05, 4.69) is 5.32 Å². The molecule has 4 nitrogen and oxygen atoms in total. The molecule has 1 aliphatic heterocycles. The van der Waals surface area contributed by atoms with Crippen LogP contribution in [0.15, 0.2) is 60.7 Å². The largest absolute Gasteiger partial charge is 0.322 e. The molecule has 0 saturated carbocycles. The van der Waals surface area contributed by atoms with Crippen LogP contribution in [0.5, 0.6) is 0 Å². The number of nitrogens with one attached hydrogen (secondary N) is 1. The first-order valence-corrected chi connectivity index (χ1v) is 8.40. The molecule has 4 rings (SSSR count). The molecule has 4 heteroatoms. The molecular weight excluding hydrogens is 312 g/mol. The summed E-state index contributed by atoms with van der Waals surface area (Å²) in [5.41, 5.74) is 3.26. The Bertz CT molecular complexity index is 989. The van der Waals surface area contributed by atoms with Crippen LogP contribution in [0.3, 0.4) is 0 Å². The Balaban J connectivity index is 1.64. The van der Waals surface area contributed by atoms with Crippen LogP contribution in [-0.4, -0.2) is 18.4 Å². The number of benzene rings is 3. The van der Waals surface area contributed by atoms with Crippen molar-refractivity contribution in [2.75, 3.05) is 16.8 Å². The van der Waals surface area contributed by atoms with Crippen molar-refractivity contribution in [3.8, 4) is 0 Å². The number of carbonyl (C=O) groups excluding carboxylic acids is 2. The fourth-order valence-corrected chi connectivity index (χ4v) is 3.43. The zero-order valence-corrected chi connectivity index (χ0v) is 14.0. The lowest BCUT2D eigenvalue weighted by molar-refractivity contribution is -0.117. The Morgan fingerprint density at radius 3 is 2.72 bits per heavy atom. The Labute approximate surface area is 146 Å². The minimum Gasteiger partial charge on any atom is -0.322 e. The van der Waals surface area contributed by atoms with Crippen LogP contribution in [0.4, 0.5) is 11.4 Å². The van der Waals surface area contributed by atoms with Gasteiger partial charge in [0.2, 0.25) is 5.91 Å². The number of likely N-dealkylation sites (N-methyl/N-ethyl adjacent to an activating group) is 1. The summed E-state index contributed by atoms with van der Waals surface area (Å²) in [5.74, 6) is -0.0385. The summed E-state index contributed by atoms with van der Waals surface area (Å²) >= 11 is 0. The fourth-order valence-electron chi connectivity index (χ4n) is 3.43. The first-order chi connectivity index (χ1) is 12.2. The molecule has 0 unspecified atom stereocenters. The van der Waals surface area contributed by atoms with Crippen molar-refractivity contribution in [2.24, 2.45) is 0 Å². The van der Waals surface area contributed by atoms with Gasteiger partial charge in [0.05, 0.1) is 6.42 Å². The van der Waals surface area contributed by atoms with Gasteiger partial charge >= 0.3 is 0 Å². The van der Waals surface area contributed by atoms with E-state index in [9.17, 15) is 9.59 Å². The normalized spacial score (nSPS) is 13.2. The molecule has 1 N–H and O–H groups in total. The molecule has 0 saturated heterocycles. The van der Waals surface area contributed by atoms with Crippen molar-refractivity contribution in [1.29, 1.82) is 0 Å². The first-order valence-electron chi connectivity index (χ1n) is 8.40. The quantitative estimate of drug-likeness (QED) is 0.789. The minimum absolute atomic E-state index is 0.107. The van der Waals surface area contributed by atoms with E-state index in [4.69, 9.17) is 0 Å². The molecule has 2 amide bonds. The molecule has 25 heavy (non-hydrogen) atoms. The maximum absolute atomic E-state index is 12.7. The number of nitrogens with zero attached hydrogens (tertiary/aromatic N) is 1. The molecule has 0 fully saturated rings. The molecule has 1 aliphatic rings. The predicted molar refractivity (Wildman–Crippen MR) is 100 cm³/mol. The molecule has 0 aliphatic carbocycles. The van der Waals surface area contributed by atoms with E-state index in [0.29, 0.717) is 24.2 Å². The van der Waals surface area contributed by atoms with Crippen molar-refractivity contribution in [2.45, 2.75) is 13.3 Å². The van der Waals surface area contributed by atoms with Crippen molar-refractivity contribution < 1.29 is 9.59 Å². The second-order valence-electron chi connectivity index (χ2n) is 6.14. The average molecular weight is 330 g/mol. The second-order valence-corrected chi connectivity index (χ2v) is 6.14. The second kappa shape index (κ2) is 6.06. The van der Waals surface area contributed by atoms with Gasteiger partial charge in [-0.2, -0.15) is 0 Å². The number of hydrogen-bond acceptors (Lipinski definition) is 2. The number of anilines is 2. The number of amides is 2. The van der Waals surface area contributed by atoms with E-state index in [1.165, 1.54) is 0 Å². The lowest BCUT2D eigenvalue weighted by atomic mass is 10.0. The van der Waals surface area contributed by atoms with Gasteiger partial charge in [-0.1, -0.05) is 36.4 Å². The fraction of sp³-hybridized carbons (Fsp3) is 0.143. The van der Waals surface area contributed by atoms with Gasteiger partial charge < -0.3 is 10.2 Å². The molecule has 0 aromatic heterocycles. The van der Waals surface area contributed by atoms with Gasteiger partial charge in [-0.05, 0) is 47.5 Å². The van der Waals surface area contributed by atoms with Crippen LogP contribution in [0.25, 0.3) is 10.8 Å². The Morgan fingerprint density at radius 1 is 1.08 bits per heavy atom. The van der Waals surface area contributed by atoms with Crippen LogP contribution in [-0.2, 0) is 11.2 Å². The number of fused-ring (bicyclic) bond motifs is 2. The van der Waals surface area contributed by atoms with Crippen LogP contribution in [0, 0.1) is 0 Å².